The van der Waals surface area contributed by atoms with E-state index < -0.39 is 0 Å². The van der Waals surface area contributed by atoms with Crippen LogP contribution >= 0.6 is 0 Å². The van der Waals surface area contributed by atoms with E-state index in [1.165, 1.54) is 4.80 Å². The third-order valence-electron chi connectivity index (χ3n) is 2.82. The first-order valence-electron chi connectivity index (χ1n) is 5.88. The maximum absolute atomic E-state index is 12.1. The van der Waals surface area contributed by atoms with E-state index in [2.05, 4.69) is 15.4 Å². The summed E-state index contributed by atoms with van der Waals surface area (Å²) in [6, 6.07) is 7.55. The second kappa shape index (κ2) is 4.31. The summed E-state index contributed by atoms with van der Waals surface area (Å²) in [5.74, 6) is 0.569. The molecule has 1 aromatic carbocycles. The van der Waals surface area contributed by atoms with E-state index >= 15 is 0 Å². The van der Waals surface area contributed by atoms with Gasteiger partial charge in [0, 0.05) is 5.39 Å². The van der Waals surface area contributed by atoms with Crippen molar-refractivity contribution in [1.29, 1.82) is 0 Å². The molecule has 0 atom stereocenters. The predicted octanol–water partition coefficient (Wildman–Crippen LogP) is 1.69. The van der Waals surface area contributed by atoms with Gasteiger partial charge in [-0.25, -0.2) is 0 Å². The van der Waals surface area contributed by atoms with Crippen LogP contribution in [0.2, 0.25) is 0 Å². The van der Waals surface area contributed by atoms with Crippen LogP contribution in [0, 0.1) is 6.92 Å². The van der Waals surface area contributed by atoms with Gasteiger partial charge in [0.2, 0.25) is 5.78 Å². The average Bonchev–Trinajstić information content (AvgIpc) is 2.95. The van der Waals surface area contributed by atoms with Gasteiger partial charge in [-0.3, -0.25) is 4.79 Å². The third-order valence-corrected chi connectivity index (χ3v) is 2.82. The molecule has 19 heavy (non-hydrogen) atoms. The SMILES string of the molecule is Cc1ccc2oc(C(=O)Cc3nnn(C)n3)cc2c1. The lowest BCUT2D eigenvalue weighted by molar-refractivity contribution is 0.0966. The molecule has 0 bridgehead atoms. The topological polar surface area (TPSA) is 73.8 Å². The maximum atomic E-state index is 12.1. The minimum Gasteiger partial charge on any atom is -0.453 e. The Bertz CT molecular complexity index is 757. The third kappa shape index (κ3) is 2.24. The van der Waals surface area contributed by atoms with Crippen LogP contribution in [-0.2, 0) is 13.5 Å². The standard InChI is InChI=1S/C13H12N4O2/c1-8-3-4-11-9(5-8)6-12(19-11)10(18)7-13-14-16-17(2)15-13/h3-6H,7H2,1-2H3. The molecular weight excluding hydrogens is 244 g/mol. The van der Waals surface area contributed by atoms with Gasteiger partial charge in [0.25, 0.3) is 0 Å². The van der Waals surface area contributed by atoms with Gasteiger partial charge in [0.05, 0.1) is 13.5 Å². The average molecular weight is 256 g/mol. The first-order chi connectivity index (χ1) is 9.11. The van der Waals surface area contributed by atoms with Gasteiger partial charge in [-0.2, -0.15) is 4.80 Å². The van der Waals surface area contributed by atoms with Crippen LogP contribution in [0.25, 0.3) is 11.0 Å². The van der Waals surface area contributed by atoms with Gasteiger partial charge in [0.1, 0.15) is 5.58 Å². The number of aromatic nitrogens is 4. The van der Waals surface area contributed by atoms with Crippen LogP contribution in [-0.4, -0.2) is 26.0 Å². The first-order valence-corrected chi connectivity index (χ1v) is 5.88. The summed E-state index contributed by atoms with van der Waals surface area (Å²) in [5.41, 5.74) is 1.84. The Balaban J connectivity index is 1.89. The summed E-state index contributed by atoms with van der Waals surface area (Å²) in [6.45, 7) is 2.00. The fourth-order valence-corrected chi connectivity index (χ4v) is 1.93. The summed E-state index contributed by atoms with van der Waals surface area (Å²) >= 11 is 0. The van der Waals surface area contributed by atoms with Gasteiger partial charge >= 0.3 is 0 Å². The fraction of sp³-hybridized carbons (Fsp3) is 0.231. The Morgan fingerprint density at radius 2 is 2.21 bits per heavy atom. The first kappa shape index (κ1) is 11.6. The predicted molar refractivity (Wildman–Crippen MR) is 67.8 cm³/mol. The van der Waals surface area contributed by atoms with Gasteiger partial charge in [-0.15, -0.1) is 10.2 Å². The molecule has 6 heteroatoms. The molecule has 0 radical (unpaired) electrons. The molecule has 2 aromatic heterocycles. The number of Topliss-reactive ketones (excluding diaryl/α,β-unsaturated/α-hetero) is 1. The highest BCUT2D eigenvalue weighted by Gasteiger charge is 2.15. The molecule has 6 nitrogen and oxygen atoms in total. The van der Waals surface area contributed by atoms with Crippen molar-refractivity contribution < 1.29 is 9.21 Å². The lowest BCUT2D eigenvalue weighted by atomic mass is 10.1. The minimum absolute atomic E-state index is 0.0899. The van der Waals surface area contributed by atoms with Crippen LogP contribution in [0.3, 0.4) is 0 Å². The summed E-state index contributed by atoms with van der Waals surface area (Å²) in [5, 5.41) is 12.4. The second-order valence-corrected chi connectivity index (χ2v) is 4.45. The molecule has 3 aromatic rings. The van der Waals surface area contributed by atoms with Crippen molar-refractivity contribution in [2.45, 2.75) is 13.3 Å². The molecular formula is C13H12N4O2. The number of carbonyl (C=O) groups excluding carboxylic acids is 1. The molecule has 0 saturated heterocycles. The van der Waals surface area contributed by atoms with E-state index in [9.17, 15) is 4.79 Å². The molecule has 3 rings (SSSR count). The summed E-state index contributed by atoms with van der Waals surface area (Å²) in [6.07, 6.45) is 0.0899. The van der Waals surface area contributed by atoms with Crippen molar-refractivity contribution in [3.05, 3.63) is 41.4 Å². The molecule has 0 spiro atoms. The summed E-state index contributed by atoms with van der Waals surface area (Å²) in [4.78, 5) is 13.4. The highest BCUT2D eigenvalue weighted by molar-refractivity contribution is 5.98. The number of benzene rings is 1. The van der Waals surface area contributed by atoms with E-state index in [4.69, 9.17) is 4.42 Å². The van der Waals surface area contributed by atoms with Crippen LogP contribution in [0.4, 0.5) is 0 Å². The van der Waals surface area contributed by atoms with E-state index in [1.807, 2.05) is 25.1 Å². The zero-order valence-corrected chi connectivity index (χ0v) is 10.6. The molecule has 0 amide bonds. The number of fused-ring (bicyclic) bond motifs is 1. The number of tetrazole rings is 1. The zero-order chi connectivity index (χ0) is 13.4. The normalized spacial score (nSPS) is 11.1. The van der Waals surface area contributed by atoms with Crippen molar-refractivity contribution in [2.24, 2.45) is 7.05 Å². The van der Waals surface area contributed by atoms with E-state index in [0.29, 0.717) is 17.2 Å². The number of rotatable bonds is 3. The molecule has 2 heterocycles. The number of aryl methyl sites for hydroxylation is 2. The molecule has 0 fully saturated rings. The molecule has 96 valence electrons. The number of hydrogen-bond donors (Lipinski definition) is 0. The highest BCUT2D eigenvalue weighted by atomic mass is 16.3. The Kier molecular flexibility index (Phi) is 2.63. The van der Waals surface area contributed by atoms with Gasteiger partial charge < -0.3 is 4.42 Å². The maximum Gasteiger partial charge on any atom is 0.205 e. The van der Waals surface area contributed by atoms with E-state index in [-0.39, 0.29) is 12.2 Å². The Labute approximate surface area is 109 Å². The zero-order valence-electron chi connectivity index (χ0n) is 10.6. The molecule has 0 unspecified atom stereocenters. The number of hydrogen-bond acceptors (Lipinski definition) is 5. The minimum atomic E-state index is -0.151. The Morgan fingerprint density at radius 3 is 2.95 bits per heavy atom. The molecule has 0 saturated carbocycles. The van der Waals surface area contributed by atoms with Crippen LogP contribution in [0.15, 0.2) is 28.7 Å². The van der Waals surface area contributed by atoms with Crippen molar-refractivity contribution >= 4 is 16.8 Å². The van der Waals surface area contributed by atoms with Gasteiger partial charge in [-0.1, -0.05) is 11.6 Å². The van der Waals surface area contributed by atoms with Crippen LogP contribution < -0.4 is 0 Å². The molecule has 0 aliphatic carbocycles. The lowest BCUT2D eigenvalue weighted by Gasteiger charge is -1.91. The van der Waals surface area contributed by atoms with Gasteiger partial charge in [0.15, 0.2) is 11.6 Å². The smallest absolute Gasteiger partial charge is 0.205 e. The molecule has 0 aliphatic rings. The number of furan rings is 1. The van der Waals surface area contributed by atoms with Crippen LogP contribution in [0.1, 0.15) is 21.9 Å². The monoisotopic (exact) mass is 256 g/mol. The van der Waals surface area contributed by atoms with Crippen LogP contribution in [0.5, 0.6) is 0 Å². The van der Waals surface area contributed by atoms with Crippen molar-refractivity contribution in [3.8, 4) is 0 Å². The largest absolute Gasteiger partial charge is 0.453 e. The van der Waals surface area contributed by atoms with Crippen molar-refractivity contribution in [2.75, 3.05) is 0 Å². The molecule has 0 N–H and O–H groups in total. The van der Waals surface area contributed by atoms with E-state index in [0.717, 1.165) is 10.9 Å². The fourth-order valence-electron chi connectivity index (χ4n) is 1.93. The number of ketones is 1. The number of carbonyl (C=O) groups is 1. The van der Waals surface area contributed by atoms with Crippen molar-refractivity contribution in [1.82, 2.24) is 20.2 Å². The summed E-state index contributed by atoms with van der Waals surface area (Å²) < 4.78 is 5.53. The second-order valence-electron chi connectivity index (χ2n) is 4.45. The highest BCUT2D eigenvalue weighted by Crippen LogP contribution is 2.21. The lowest BCUT2D eigenvalue weighted by Crippen LogP contribution is -2.04. The van der Waals surface area contributed by atoms with E-state index in [1.54, 1.807) is 13.1 Å². The van der Waals surface area contributed by atoms with Crippen molar-refractivity contribution in [3.63, 3.8) is 0 Å². The molecule has 0 aliphatic heterocycles. The quantitative estimate of drug-likeness (QED) is 0.667. The van der Waals surface area contributed by atoms with Gasteiger partial charge in [-0.05, 0) is 30.3 Å². The number of nitrogens with zero attached hydrogens (tertiary/aromatic N) is 4. The summed E-state index contributed by atoms with van der Waals surface area (Å²) in [7, 11) is 1.66. The Hall–Kier alpha value is -2.50. The Morgan fingerprint density at radius 1 is 1.37 bits per heavy atom.